The van der Waals surface area contributed by atoms with Crippen LogP contribution in [0.2, 0.25) is 0 Å². The van der Waals surface area contributed by atoms with Crippen molar-refractivity contribution in [2.24, 2.45) is 5.92 Å². The van der Waals surface area contributed by atoms with Gasteiger partial charge in [0.25, 0.3) is 0 Å². The van der Waals surface area contributed by atoms with E-state index in [1.165, 1.54) is 5.56 Å². The zero-order chi connectivity index (χ0) is 14.3. The number of carboxylic acid groups (broad SMARTS) is 1. The van der Waals surface area contributed by atoms with Crippen LogP contribution in [0.5, 0.6) is 0 Å². The second-order valence-electron chi connectivity index (χ2n) is 4.36. The third kappa shape index (κ3) is 5.30. The van der Waals surface area contributed by atoms with E-state index in [-0.39, 0.29) is 6.03 Å². The number of amides is 2. The Morgan fingerprint density at radius 2 is 2.16 bits per heavy atom. The van der Waals surface area contributed by atoms with Crippen molar-refractivity contribution in [1.29, 1.82) is 0 Å². The summed E-state index contributed by atoms with van der Waals surface area (Å²) in [5, 5.41) is 16.2. The third-order valence-electron chi connectivity index (χ3n) is 2.91. The van der Waals surface area contributed by atoms with Gasteiger partial charge in [-0.25, -0.2) is 4.79 Å². The molecule has 1 atom stereocenters. The molecule has 6 heteroatoms. The largest absolute Gasteiger partial charge is 0.481 e. The second-order valence-corrected chi connectivity index (χ2v) is 5.36. The zero-order valence-electron chi connectivity index (χ0n) is 11.2. The van der Waals surface area contributed by atoms with Gasteiger partial charge in [0.15, 0.2) is 0 Å². The number of hydrogen-bond donors (Lipinski definition) is 3. The Balaban J connectivity index is 2.23. The predicted octanol–water partition coefficient (Wildman–Crippen LogP) is 2.22. The lowest BCUT2D eigenvalue weighted by molar-refractivity contribution is -0.141. The van der Waals surface area contributed by atoms with Crippen LogP contribution in [-0.2, 0) is 17.8 Å². The molecule has 1 unspecified atom stereocenters. The second kappa shape index (κ2) is 7.78. The Labute approximate surface area is 117 Å². The van der Waals surface area contributed by atoms with Crippen LogP contribution in [0, 0.1) is 5.92 Å². The number of thiophene rings is 1. The van der Waals surface area contributed by atoms with E-state index < -0.39 is 11.9 Å². The number of nitrogens with one attached hydrogen (secondary N) is 2. The van der Waals surface area contributed by atoms with Crippen LogP contribution in [0.25, 0.3) is 0 Å². The Morgan fingerprint density at radius 3 is 2.79 bits per heavy atom. The minimum Gasteiger partial charge on any atom is -0.481 e. The molecule has 0 spiro atoms. The van der Waals surface area contributed by atoms with Crippen molar-refractivity contribution in [3.8, 4) is 0 Å². The molecule has 0 aliphatic carbocycles. The summed E-state index contributed by atoms with van der Waals surface area (Å²) in [6.45, 7) is 4.59. The first kappa shape index (κ1) is 15.5. The average molecular weight is 284 g/mol. The van der Waals surface area contributed by atoms with Gasteiger partial charge in [-0.3, -0.25) is 4.79 Å². The molecular formula is C13H20N2O3S. The molecule has 1 heterocycles. The van der Waals surface area contributed by atoms with Crippen molar-refractivity contribution >= 4 is 23.3 Å². The number of rotatable bonds is 7. The number of carbonyl (C=O) groups is 2. The summed E-state index contributed by atoms with van der Waals surface area (Å²) in [5.74, 6) is -1.28. The molecule has 19 heavy (non-hydrogen) atoms. The molecule has 106 valence electrons. The summed E-state index contributed by atoms with van der Waals surface area (Å²) in [4.78, 5) is 23.3. The number of aliphatic carboxylic acids is 1. The molecule has 2 amide bonds. The van der Waals surface area contributed by atoms with Gasteiger partial charge in [0, 0.05) is 11.4 Å². The molecule has 3 N–H and O–H groups in total. The monoisotopic (exact) mass is 284 g/mol. The van der Waals surface area contributed by atoms with Crippen LogP contribution >= 0.6 is 11.3 Å². The van der Waals surface area contributed by atoms with E-state index in [1.54, 1.807) is 18.3 Å². The number of carboxylic acids is 1. The van der Waals surface area contributed by atoms with Gasteiger partial charge in [-0.15, -0.1) is 11.3 Å². The van der Waals surface area contributed by atoms with Crippen LogP contribution < -0.4 is 10.6 Å². The highest BCUT2D eigenvalue weighted by molar-refractivity contribution is 7.10. The number of aryl methyl sites for hydroxylation is 1. The van der Waals surface area contributed by atoms with Crippen molar-refractivity contribution in [3.63, 3.8) is 0 Å². The van der Waals surface area contributed by atoms with Crippen molar-refractivity contribution in [3.05, 3.63) is 21.9 Å². The molecule has 1 rings (SSSR count). The average Bonchev–Trinajstić information content (AvgIpc) is 2.83. The lowest BCUT2D eigenvalue weighted by Gasteiger charge is -2.09. The molecule has 1 aromatic rings. The Kier molecular flexibility index (Phi) is 6.35. The van der Waals surface area contributed by atoms with Gasteiger partial charge >= 0.3 is 12.0 Å². The summed E-state index contributed by atoms with van der Waals surface area (Å²) in [6.07, 6.45) is 1.39. The van der Waals surface area contributed by atoms with E-state index in [9.17, 15) is 9.59 Å². The summed E-state index contributed by atoms with van der Waals surface area (Å²) in [7, 11) is 0. The molecule has 0 bridgehead atoms. The highest BCUT2D eigenvalue weighted by Crippen LogP contribution is 2.16. The Morgan fingerprint density at radius 1 is 1.42 bits per heavy atom. The van der Waals surface area contributed by atoms with Crippen LogP contribution in [0.4, 0.5) is 4.79 Å². The normalized spacial score (nSPS) is 11.9. The standard InChI is InChI=1S/C13H20N2O3S/c1-3-10-5-7-19-11(10)8-15-13(18)14-6-4-9(2)12(16)17/h5,7,9H,3-4,6,8H2,1-2H3,(H,16,17)(H2,14,15,18). The molecule has 0 saturated carbocycles. The molecule has 0 aliphatic rings. The van der Waals surface area contributed by atoms with Gasteiger partial charge in [0.2, 0.25) is 0 Å². The van der Waals surface area contributed by atoms with Crippen LogP contribution in [0.3, 0.4) is 0 Å². The van der Waals surface area contributed by atoms with Gasteiger partial charge in [0.1, 0.15) is 0 Å². The van der Waals surface area contributed by atoms with Crippen LogP contribution in [-0.4, -0.2) is 23.7 Å². The maximum atomic E-state index is 11.5. The molecule has 5 nitrogen and oxygen atoms in total. The lowest BCUT2D eigenvalue weighted by Crippen LogP contribution is -2.36. The van der Waals surface area contributed by atoms with Crippen LogP contribution in [0.15, 0.2) is 11.4 Å². The number of carbonyl (C=O) groups excluding carboxylic acids is 1. The smallest absolute Gasteiger partial charge is 0.315 e. The highest BCUT2D eigenvalue weighted by Gasteiger charge is 2.11. The molecule has 0 fully saturated rings. The maximum Gasteiger partial charge on any atom is 0.315 e. The van der Waals surface area contributed by atoms with Gasteiger partial charge < -0.3 is 15.7 Å². The summed E-state index contributed by atoms with van der Waals surface area (Å²) in [5.41, 5.74) is 1.25. The molecular weight excluding hydrogens is 264 g/mol. The van der Waals surface area contributed by atoms with Crippen molar-refractivity contribution in [1.82, 2.24) is 10.6 Å². The molecule has 0 aliphatic heterocycles. The summed E-state index contributed by atoms with van der Waals surface area (Å²) >= 11 is 1.63. The van der Waals surface area contributed by atoms with Gasteiger partial charge in [-0.2, -0.15) is 0 Å². The minimum atomic E-state index is -0.839. The fourth-order valence-corrected chi connectivity index (χ4v) is 2.50. The van der Waals surface area contributed by atoms with E-state index >= 15 is 0 Å². The molecule has 0 radical (unpaired) electrons. The van der Waals surface area contributed by atoms with Crippen molar-refractivity contribution in [2.75, 3.05) is 6.54 Å². The van der Waals surface area contributed by atoms with E-state index in [4.69, 9.17) is 5.11 Å². The van der Waals surface area contributed by atoms with Crippen LogP contribution in [0.1, 0.15) is 30.7 Å². The van der Waals surface area contributed by atoms with Gasteiger partial charge in [-0.05, 0) is 29.9 Å². The Bertz CT molecular complexity index is 431. The van der Waals surface area contributed by atoms with Crippen molar-refractivity contribution < 1.29 is 14.7 Å². The van der Waals surface area contributed by atoms with Crippen molar-refractivity contribution in [2.45, 2.75) is 33.2 Å². The van der Waals surface area contributed by atoms with E-state index in [0.29, 0.717) is 19.5 Å². The third-order valence-corrected chi connectivity index (χ3v) is 3.88. The highest BCUT2D eigenvalue weighted by atomic mass is 32.1. The first-order chi connectivity index (χ1) is 9.04. The quantitative estimate of drug-likeness (QED) is 0.718. The van der Waals surface area contributed by atoms with Gasteiger partial charge in [-0.1, -0.05) is 13.8 Å². The minimum absolute atomic E-state index is 0.256. The molecule has 1 aromatic heterocycles. The zero-order valence-corrected chi connectivity index (χ0v) is 12.0. The van der Waals surface area contributed by atoms with Gasteiger partial charge in [0.05, 0.1) is 12.5 Å². The first-order valence-corrected chi connectivity index (χ1v) is 7.22. The van der Waals surface area contributed by atoms with E-state index in [2.05, 4.69) is 23.6 Å². The first-order valence-electron chi connectivity index (χ1n) is 6.34. The van der Waals surface area contributed by atoms with E-state index in [1.807, 2.05) is 5.38 Å². The summed E-state index contributed by atoms with van der Waals surface area (Å²) < 4.78 is 0. The topological polar surface area (TPSA) is 78.4 Å². The summed E-state index contributed by atoms with van der Waals surface area (Å²) in [6, 6.07) is 1.81. The molecule has 0 saturated heterocycles. The van der Waals surface area contributed by atoms with E-state index in [0.717, 1.165) is 11.3 Å². The SMILES string of the molecule is CCc1ccsc1CNC(=O)NCCC(C)C(=O)O. The Hall–Kier alpha value is -1.56. The predicted molar refractivity (Wildman–Crippen MR) is 75.4 cm³/mol. The fourth-order valence-electron chi connectivity index (χ4n) is 1.59. The maximum absolute atomic E-state index is 11.5. The number of hydrogen-bond acceptors (Lipinski definition) is 3. The lowest BCUT2D eigenvalue weighted by atomic mass is 10.1. The number of urea groups is 1. The fraction of sp³-hybridized carbons (Fsp3) is 0.538. The molecule has 0 aromatic carbocycles.